The first-order valence-corrected chi connectivity index (χ1v) is 10.2. The second-order valence-electron chi connectivity index (χ2n) is 5.90. The van der Waals surface area contributed by atoms with Crippen molar-refractivity contribution in [1.82, 2.24) is 20.4 Å². The maximum Gasteiger partial charge on any atom is 0.269 e. The molecule has 1 N–H and O–H groups in total. The minimum Gasteiger partial charge on any atom is -0.358 e. The summed E-state index contributed by atoms with van der Waals surface area (Å²) in [6.45, 7) is 2.28. The third-order valence-electron chi connectivity index (χ3n) is 4.16. The molecule has 0 spiro atoms. The van der Waals surface area contributed by atoms with E-state index in [1.54, 1.807) is 11.9 Å². The lowest BCUT2D eigenvalue weighted by Crippen LogP contribution is -2.48. The fourth-order valence-electron chi connectivity index (χ4n) is 2.60. The maximum atomic E-state index is 12.6. The van der Waals surface area contributed by atoms with E-state index in [2.05, 4.69) is 20.4 Å². The first-order valence-electron chi connectivity index (χ1n) is 8.43. The van der Waals surface area contributed by atoms with Gasteiger partial charge in [0.2, 0.25) is 11.0 Å². The molecule has 1 aromatic carbocycles. The summed E-state index contributed by atoms with van der Waals surface area (Å²) in [5.74, 6) is 0.0802. The second-order valence-corrected chi connectivity index (χ2v) is 8.07. The van der Waals surface area contributed by atoms with Crippen molar-refractivity contribution in [3.05, 3.63) is 39.9 Å². The van der Waals surface area contributed by atoms with Crippen LogP contribution in [0.1, 0.15) is 10.4 Å². The molecule has 1 saturated heterocycles. The van der Waals surface area contributed by atoms with Gasteiger partial charge < -0.3 is 15.1 Å². The van der Waals surface area contributed by atoms with Crippen molar-refractivity contribution in [2.45, 2.75) is 4.34 Å². The van der Waals surface area contributed by atoms with Crippen molar-refractivity contribution < 1.29 is 14.5 Å². The zero-order valence-corrected chi connectivity index (χ0v) is 16.7. The molecule has 0 aliphatic carbocycles. The molecule has 2 amide bonds. The van der Waals surface area contributed by atoms with Gasteiger partial charge in [0.1, 0.15) is 0 Å². The van der Waals surface area contributed by atoms with Crippen LogP contribution in [0.15, 0.2) is 28.6 Å². The Labute approximate surface area is 169 Å². The second kappa shape index (κ2) is 8.97. The van der Waals surface area contributed by atoms with Crippen molar-refractivity contribution in [1.29, 1.82) is 0 Å². The van der Waals surface area contributed by atoms with Crippen molar-refractivity contribution in [2.24, 2.45) is 0 Å². The van der Waals surface area contributed by atoms with E-state index in [1.807, 2.05) is 0 Å². The van der Waals surface area contributed by atoms with E-state index in [0.717, 1.165) is 9.47 Å². The van der Waals surface area contributed by atoms with E-state index in [9.17, 15) is 19.7 Å². The Morgan fingerprint density at radius 3 is 2.50 bits per heavy atom. The lowest BCUT2D eigenvalue weighted by atomic mass is 10.1. The molecule has 28 heavy (non-hydrogen) atoms. The molecule has 1 fully saturated rings. The number of nitro groups is 1. The summed E-state index contributed by atoms with van der Waals surface area (Å²) in [4.78, 5) is 37.9. The predicted octanol–water partition coefficient (Wildman–Crippen LogP) is 1.25. The van der Waals surface area contributed by atoms with Crippen LogP contribution < -0.4 is 10.2 Å². The van der Waals surface area contributed by atoms with Gasteiger partial charge in [0.05, 0.1) is 10.7 Å². The van der Waals surface area contributed by atoms with Gasteiger partial charge in [-0.15, -0.1) is 10.2 Å². The van der Waals surface area contributed by atoms with Crippen LogP contribution in [-0.4, -0.2) is 70.8 Å². The van der Waals surface area contributed by atoms with Crippen LogP contribution in [0.4, 0.5) is 10.8 Å². The normalized spacial score (nSPS) is 14.0. The molecule has 1 aliphatic heterocycles. The number of piperazine rings is 1. The van der Waals surface area contributed by atoms with Gasteiger partial charge in [0, 0.05) is 50.9 Å². The number of rotatable bonds is 6. The highest BCUT2D eigenvalue weighted by molar-refractivity contribution is 8.01. The number of thioether (sulfide) groups is 1. The van der Waals surface area contributed by atoms with Crippen molar-refractivity contribution in [2.75, 3.05) is 43.9 Å². The summed E-state index contributed by atoms with van der Waals surface area (Å²) >= 11 is 2.76. The van der Waals surface area contributed by atoms with Crippen molar-refractivity contribution in [3.63, 3.8) is 0 Å². The SMILES string of the molecule is CNC(=O)CSc1nnc(N2CCN(C(=O)c3ccc([N+](=O)[O-])cc3)CC2)s1. The molecule has 10 nitrogen and oxygen atoms in total. The molecule has 0 bridgehead atoms. The van der Waals surface area contributed by atoms with E-state index in [-0.39, 0.29) is 17.5 Å². The van der Waals surface area contributed by atoms with Crippen LogP contribution >= 0.6 is 23.1 Å². The number of carbonyl (C=O) groups excluding carboxylic acids is 2. The van der Waals surface area contributed by atoms with Crippen LogP contribution in [0.2, 0.25) is 0 Å². The minimum absolute atomic E-state index is 0.0391. The molecular formula is C16H18N6O4S2. The number of aromatic nitrogens is 2. The zero-order chi connectivity index (χ0) is 20.1. The van der Waals surface area contributed by atoms with Gasteiger partial charge in [-0.1, -0.05) is 23.1 Å². The average Bonchev–Trinajstić information content (AvgIpc) is 3.20. The van der Waals surface area contributed by atoms with Crippen LogP contribution in [0, 0.1) is 10.1 Å². The monoisotopic (exact) mass is 422 g/mol. The first-order chi connectivity index (χ1) is 13.5. The summed E-state index contributed by atoms with van der Waals surface area (Å²) in [7, 11) is 1.59. The molecule has 2 heterocycles. The first kappa shape index (κ1) is 20.0. The maximum absolute atomic E-state index is 12.6. The van der Waals surface area contributed by atoms with Gasteiger partial charge in [-0.2, -0.15) is 0 Å². The summed E-state index contributed by atoms with van der Waals surface area (Å²) in [6, 6.07) is 5.63. The van der Waals surface area contributed by atoms with E-state index in [0.29, 0.717) is 37.5 Å². The van der Waals surface area contributed by atoms with Gasteiger partial charge in [0.25, 0.3) is 11.6 Å². The molecule has 0 saturated carbocycles. The summed E-state index contributed by atoms with van der Waals surface area (Å²) < 4.78 is 0.725. The zero-order valence-electron chi connectivity index (χ0n) is 15.0. The molecule has 3 rings (SSSR count). The van der Waals surface area contributed by atoms with Gasteiger partial charge in [0.15, 0.2) is 4.34 Å². The molecule has 12 heteroatoms. The Kier molecular flexibility index (Phi) is 6.41. The standard InChI is InChI=1S/C16H18N6O4S2/c1-17-13(23)10-27-16-19-18-15(28-16)21-8-6-20(7-9-21)14(24)11-2-4-12(5-3-11)22(25)26/h2-5H,6-10H2,1H3,(H,17,23). The number of nitrogens with zero attached hydrogens (tertiary/aromatic N) is 5. The third-order valence-corrected chi connectivity index (χ3v) is 6.28. The number of nitro benzene ring substituents is 1. The Balaban J connectivity index is 1.54. The van der Waals surface area contributed by atoms with Gasteiger partial charge in [-0.05, 0) is 12.1 Å². The van der Waals surface area contributed by atoms with Crippen LogP contribution in [-0.2, 0) is 4.79 Å². The quantitative estimate of drug-likeness (QED) is 0.419. The van der Waals surface area contributed by atoms with E-state index in [4.69, 9.17) is 0 Å². The minimum atomic E-state index is -0.490. The lowest BCUT2D eigenvalue weighted by Gasteiger charge is -2.34. The third kappa shape index (κ3) is 4.75. The Morgan fingerprint density at radius 2 is 1.89 bits per heavy atom. The Bertz CT molecular complexity index is 864. The molecule has 1 aliphatic rings. The fourth-order valence-corrected chi connectivity index (χ4v) is 4.36. The lowest BCUT2D eigenvalue weighted by molar-refractivity contribution is -0.384. The Morgan fingerprint density at radius 1 is 1.21 bits per heavy atom. The highest BCUT2D eigenvalue weighted by Crippen LogP contribution is 2.28. The topological polar surface area (TPSA) is 122 Å². The molecule has 0 unspecified atom stereocenters. The summed E-state index contributed by atoms with van der Waals surface area (Å²) in [5, 5.41) is 22.3. The van der Waals surface area contributed by atoms with Gasteiger partial charge >= 0.3 is 0 Å². The number of carbonyl (C=O) groups is 2. The molecular weight excluding hydrogens is 404 g/mol. The molecule has 0 atom stereocenters. The summed E-state index contributed by atoms with van der Waals surface area (Å²) in [5.41, 5.74) is 0.394. The fraction of sp³-hybridized carbons (Fsp3) is 0.375. The Hall–Kier alpha value is -2.73. The van der Waals surface area contributed by atoms with Gasteiger partial charge in [-0.3, -0.25) is 19.7 Å². The van der Waals surface area contributed by atoms with Crippen molar-refractivity contribution >= 4 is 45.7 Å². The number of non-ortho nitro benzene ring substituents is 1. The smallest absolute Gasteiger partial charge is 0.269 e. The van der Waals surface area contributed by atoms with Crippen LogP contribution in [0.5, 0.6) is 0 Å². The largest absolute Gasteiger partial charge is 0.358 e. The van der Waals surface area contributed by atoms with Crippen molar-refractivity contribution in [3.8, 4) is 0 Å². The van der Waals surface area contributed by atoms with Crippen LogP contribution in [0.25, 0.3) is 0 Å². The number of hydrogen-bond acceptors (Lipinski definition) is 9. The number of hydrogen-bond donors (Lipinski definition) is 1. The molecule has 0 radical (unpaired) electrons. The van der Waals surface area contributed by atoms with Gasteiger partial charge in [-0.25, -0.2) is 0 Å². The van der Waals surface area contributed by atoms with E-state index >= 15 is 0 Å². The molecule has 148 valence electrons. The number of benzene rings is 1. The average molecular weight is 422 g/mol. The number of amides is 2. The molecule has 2 aromatic rings. The molecule has 1 aromatic heterocycles. The summed E-state index contributed by atoms with van der Waals surface area (Å²) in [6.07, 6.45) is 0. The van der Waals surface area contributed by atoms with E-state index < -0.39 is 4.92 Å². The highest BCUT2D eigenvalue weighted by atomic mass is 32.2. The highest BCUT2D eigenvalue weighted by Gasteiger charge is 2.24. The van der Waals surface area contributed by atoms with Crippen LogP contribution in [0.3, 0.4) is 0 Å². The van der Waals surface area contributed by atoms with E-state index in [1.165, 1.54) is 47.4 Å². The number of nitrogens with one attached hydrogen (secondary N) is 1. The number of anilines is 1. The predicted molar refractivity (Wildman–Crippen MR) is 106 cm³/mol.